The minimum atomic E-state index is -0.490. The molecule has 0 bridgehead atoms. The van der Waals surface area contributed by atoms with Gasteiger partial charge in [0.05, 0.1) is 22.4 Å². The fourth-order valence-corrected chi connectivity index (χ4v) is 2.92. The molecule has 0 aromatic rings. The molecule has 2 heterocycles. The van der Waals surface area contributed by atoms with Gasteiger partial charge in [0, 0.05) is 0 Å². The van der Waals surface area contributed by atoms with E-state index in [1.807, 2.05) is 27.7 Å². The fourth-order valence-electron chi connectivity index (χ4n) is 2.92. The molecule has 2 saturated heterocycles. The SMILES string of the molecule is CC(C)(C)CCC1(C)OB(B2OC(C)(C)C(C)(C)O2)OC1(C)C. The van der Waals surface area contributed by atoms with E-state index in [0.717, 1.165) is 12.8 Å². The van der Waals surface area contributed by atoms with Gasteiger partial charge in [-0.2, -0.15) is 0 Å². The van der Waals surface area contributed by atoms with Crippen molar-refractivity contribution in [3.63, 3.8) is 0 Å². The van der Waals surface area contributed by atoms with E-state index in [1.54, 1.807) is 0 Å². The van der Waals surface area contributed by atoms with Gasteiger partial charge in [-0.25, -0.2) is 0 Å². The van der Waals surface area contributed by atoms with Crippen LogP contribution in [0.5, 0.6) is 0 Å². The standard InChI is InChI=1S/C17H34B2O4/c1-13(2,3)11-12-17(10)16(8,9)22-19(23-17)18-20-14(4,5)15(6,7)21-18/h11-12H2,1-10H3. The largest absolute Gasteiger partial charge is 0.488 e. The van der Waals surface area contributed by atoms with Crippen molar-refractivity contribution in [3.05, 3.63) is 0 Å². The molecule has 0 aromatic heterocycles. The summed E-state index contributed by atoms with van der Waals surface area (Å²) in [4.78, 5) is 0. The Kier molecular flexibility index (Phi) is 4.60. The highest BCUT2D eigenvalue weighted by Gasteiger charge is 2.64. The van der Waals surface area contributed by atoms with Crippen LogP contribution in [0.15, 0.2) is 0 Å². The molecule has 132 valence electrons. The zero-order valence-corrected chi connectivity index (χ0v) is 16.7. The smallest absolute Gasteiger partial charge is 0.405 e. The van der Waals surface area contributed by atoms with E-state index >= 15 is 0 Å². The van der Waals surface area contributed by atoms with E-state index in [-0.39, 0.29) is 27.8 Å². The Morgan fingerprint density at radius 1 is 0.652 bits per heavy atom. The van der Waals surface area contributed by atoms with Gasteiger partial charge in [-0.05, 0) is 66.7 Å². The maximum Gasteiger partial charge on any atom is 0.488 e. The van der Waals surface area contributed by atoms with Crippen molar-refractivity contribution in [2.45, 2.75) is 104 Å². The van der Waals surface area contributed by atoms with Crippen LogP contribution in [0.4, 0.5) is 0 Å². The van der Waals surface area contributed by atoms with Crippen molar-refractivity contribution in [2.24, 2.45) is 5.41 Å². The average Bonchev–Trinajstić information content (AvgIpc) is 2.68. The van der Waals surface area contributed by atoms with Gasteiger partial charge in [0.25, 0.3) is 0 Å². The minimum Gasteiger partial charge on any atom is -0.405 e. The van der Waals surface area contributed by atoms with E-state index in [2.05, 4.69) is 41.5 Å². The fraction of sp³-hybridized carbons (Fsp3) is 1.00. The zero-order valence-electron chi connectivity index (χ0n) is 16.7. The Balaban J connectivity index is 2.11. The van der Waals surface area contributed by atoms with Crippen LogP contribution in [0.3, 0.4) is 0 Å². The van der Waals surface area contributed by atoms with Crippen LogP contribution in [-0.4, -0.2) is 36.4 Å². The summed E-state index contributed by atoms with van der Waals surface area (Å²) < 4.78 is 24.8. The third-order valence-electron chi connectivity index (χ3n) is 5.91. The molecule has 1 atom stereocenters. The molecule has 0 amide bonds. The van der Waals surface area contributed by atoms with Gasteiger partial charge in [-0.15, -0.1) is 0 Å². The minimum absolute atomic E-state index is 0.269. The molecule has 1 unspecified atom stereocenters. The highest BCUT2D eigenvalue weighted by Crippen LogP contribution is 2.45. The van der Waals surface area contributed by atoms with Gasteiger partial charge in [0.15, 0.2) is 0 Å². The molecule has 0 saturated carbocycles. The Bertz CT molecular complexity index is 440. The van der Waals surface area contributed by atoms with Crippen molar-refractivity contribution < 1.29 is 18.6 Å². The number of hydrogen-bond donors (Lipinski definition) is 0. The molecule has 6 heteroatoms. The van der Waals surface area contributed by atoms with Gasteiger partial charge >= 0.3 is 14.0 Å². The summed E-state index contributed by atoms with van der Waals surface area (Å²) in [7, 11) is -0.980. The third-order valence-corrected chi connectivity index (χ3v) is 5.91. The van der Waals surface area contributed by atoms with Crippen LogP contribution in [0.25, 0.3) is 0 Å². The lowest BCUT2D eigenvalue weighted by Crippen LogP contribution is -2.45. The predicted molar refractivity (Wildman–Crippen MR) is 95.2 cm³/mol. The summed E-state index contributed by atoms with van der Waals surface area (Å²) in [5.74, 6) is 0. The molecule has 0 N–H and O–H groups in total. The second-order valence-corrected chi connectivity index (χ2v) is 10.0. The third kappa shape index (κ3) is 3.65. The quantitative estimate of drug-likeness (QED) is 0.734. The second-order valence-electron chi connectivity index (χ2n) is 10.0. The first kappa shape index (κ1) is 19.3. The Labute approximate surface area is 143 Å². The van der Waals surface area contributed by atoms with Gasteiger partial charge in [0.1, 0.15) is 0 Å². The lowest BCUT2D eigenvalue weighted by Gasteiger charge is -2.38. The van der Waals surface area contributed by atoms with Crippen molar-refractivity contribution in [1.29, 1.82) is 0 Å². The first-order valence-corrected chi connectivity index (χ1v) is 8.80. The molecule has 23 heavy (non-hydrogen) atoms. The van der Waals surface area contributed by atoms with Crippen LogP contribution in [0.1, 0.15) is 82.1 Å². The highest BCUT2D eigenvalue weighted by atomic mass is 16.7. The molecule has 0 aliphatic carbocycles. The van der Waals surface area contributed by atoms with Crippen molar-refractivity contribution in [1.82, 2.24) is 0 Å². The van der Waals surface area contributed by atoms with E-state index in [0.29, 0.717) is 0 Å². The highest BCUT2D eigenvalue weighted by molar-refractivity contribution is 7.11. The van der Waals surface area contributed by atoms with E-state index < -0.39 is 14.0 Å². The number of hydrogen-bond acceptors (Lipinski definition) is 4. The lowest BCUT2D eigenvalue weighted by atomic mass is 9.49. The van der Waals surface area contributed by atoms with Crippen molar-refractivity contribution in [2.75, 3.05) is 0 Å². The summed E-state index contributed by atoms with van der Waals surface area (Å²) in [6.45, 7) is 21.3. The monoisotopic (exact) mass is 324 g/mol. The maximum absolute atomic E-state index is 6.36. The Morgan fingerprint density at radius 2 is 1.04 bits per heavy atom. The molecule has 2 fully saturated rings. The maximum atomic E-state index is 6.36. The Morgan fingerprint density at radius 3 is 1.48 bits per heavy atom. The number of rotatable bonds is 3. The van der Waals surface area contributed by atoms with Crippen molar-refractivity contribution in [3.8, 4) is 0 Å². The molecular weight excluding hydrogens is 290 g/mol. The van der Waals surface area contributed by atoms with E-state index in [4.69, 9.17) is 18.6 Å². The average molecular weight is 324 g/mol. The molecule has 2 aliphatic rings. The zero-order chi connectivity index (χ0) is 17.9. The van der Waals surface area contributed by atoms with Crippen molar-refractivity contribution >= 4 is 14.0 Å². The molecule has 2 aliphatic heterocycles. The summed E-state index contributed by atoms with van der Waals surface area (Å²) in [6.07, 6.45) is 2.02. The van der Waals surface area contributed by atoms with E-state index in [1.165, 1.54) is 0 Å². The van der Waals surface area contributed by atoms with Gasteiger partial charge in [0.2, 0.25) is 0 Å². The summed E-state index contributed by atoms with van der Waals surface area (Å²) in [5, 5.41) is 0. The second kappa shape index (κ2) is 5.48. The Hall–Kier alpha value is -0.0301. The van der Waals surface area contributed by atoms with Crippen LogP contribution in [-0.2, 0) is 18.6 Å². The van der Waals surface area contributed by atoms with Gasteiger partial charge < -0.3 is 18.6 Å². The van der Waals surface area contributed by atoms with Gasteiger partial charge in [-0.1, -0.05) is 20.8 Å². The van der Waals surface area contributed by atoms with Crippen LogP contribution in [0, 0.1) is 5.41 Å². The molecular formula is C17H34B2O4. The normalized spacial score (nSPS) is 32.6. The molecule has 2 rings (SSSR count). The van der Waals surface area contributed by atoms with Crippen LogP contribution >= 0.6 is 0 Å². The van der Waals surface area contributed by atoms with Crippen LogP contribution < -0.4 is 0 Å². The first-order chi connectivity index (χ1) is 10.1. The topological polar surface area (TPSA) is 36.9 Å². The summed E-state index contributed by atoms with van der Waals surface area (Å²) in [6, 6.07) is 0. The van der Waals surface area contributed by atoms with Gasteiger partial charge in [-0.3, -0.25) is 0 Å². The lowest BCUT2D eigenvalue weighted by molar-refractivity contribution is -0.0223. The van der Waals surface area contributed by atoms with E-state index in [9.17, 15) is 0 Å². The molecule has 0 spiro atoms. The first-order valence-electron chi connectivity index (χ1n) is 8.80. The van der Waals surface area contributed by atoms with Crippen LogP contribution in [0.2, 0.25) is 0 Å². The molecule has 0 aromatic carbocycles. The predicted octanol–water partition coefficient (Wildman–Crippen LogP) is 4.06. The molecule has 0 radical (unpaired) electrons. The summed E-state index contributed by atoms with van der Waals surface area (Å²) >= 11 is 0. The molecule has 4 nitrogen and oxygen atoms in total. The summed E-state index contributed by atoms with van der Waals surface area (Å²) in [5.41, 5.74) is -1.22.